The lowest BCUT2D eigenvalue weighted by Crippen LogP contribution is -2.25. The minimum Gasteiger partial charge on any atom is -0.0843 e. The first-order valence-corrected chi connectivity index (χ1v) is 10.4. The van der Waals surface area contributed by atoms with E-state index in [0.717, 1.165) is 28.7 Å². The van der Waals surface area contributed by atoms with Crippen molar-refractivity contribution in [3.63, 3.8) is 0 Å². The maximum Gasteiger partial charge on any atom is 0.0406 e. The second-order valence-corrected chi connectivity index (χ2v) is 8.52. The molecule has 1 aromatic carbocycles. The molecule has 0 saturated heterocycles. The highest BCUT2D eigenvalue weighted by Gasteiger charge is 2.31. The molecule has 0 N–H and O–H groups in total. The second kappa shape index (κ2) is 8.56. The van der Waals surface area contributed by atoms with Gasteiger partial charge in [-0.3, -0.25) is 0 Å². The molecule has 0 radical (unpaired) electrons. The van der Waals surface area contributed by atoms with Crippen LogP contribution in [0.1, 0.15) is 89.0 Å². The molecule has 0 heterocycles. The van der Waals surface area contributed by atoms with E-state index in [0.29, 0.717) is 0 Å². The van der Waals surface area contributed by atoms with Gasteiger partial charge in [0.2, 0.25) is 0 Å². The second-order valence-electron chi connectivity index (χ2n) is 8.09. The highest BCUT2D eigenvalue weighted by molar-refractivity contribution is 6.30. The van der Waals surface area contributed by atoms with Crippen LogP contribution >= 0.6 is 11.6 Å². The van der Waals surface area contributed by atoms with E-state index in [1.807, 2.05) is 0 Å². The van der Waals surface area contributed by atoms with Gasteiger partial charge in [-0.1, -0.05) is 62.8 Å². The zero-order valence-electron chi connectivity index (χ0n) is 14.8. The Bertz CT molecular complexity index is 447. The fourth-order valence-corrected chi connectivity index (χ4v) is 5.23. The average Bonchev–Trinajstić information content (AvgIpc) is 2.61. The van der Waals surface area contributed by atoms with Crippen LogP contribution in [0.3, 0.4) is 0 Å². The fourth-order valence-electron chi connectivity index (χ4n) is 5.10. The third kappa shape index (κ3) is 4.75. The maximum absolute atomic E-state index is 6.02. The average molecular weight is 333 g/mol. The predicted octanol–water partition coefficient (Wildman–Crippen LogP) is 7.61. The van der Waals surface area contributed by atoms with Crippen molar-refractivity contribution < 1.29 is 0 Å². The van der Waals surface area contributed by atoms with Crippen LogP contribution in [0.15, 0.2) is 24.3 Å². The van der Waals surface area contributed by atoms with E-state index in [1.54, 1.807) is 0 Å². The van der Waals surface area contributed by atoms with Crippen molar-refractivity contribution in [1.82, 2.24) is 0 Å². The number of halogens is 1. The quantitative estimate of drug-likeness (QED) is 0.520. The first-order chi connectivity index (χ1) is 11.3. The third-order valence-corrected chi connectivity index (χ3v) is 6.89. The van der Waals surface area contributed by atoms with E-state index in [4.69, 9.17) is 11.6 Å². The minimum absolute atomic E-state index is 0.782. The number of hydrogen-bond acceptors (Lipinski definition) is 0. The molecular formula is C22H33Cl. The van der Waals surface area contributed by atoms with E-state index in [2.05, 4.69) is 31.2 Å². The molecule has 128 valence electrons. The van der Waals surface area contributed by atoms with Gasteiger partial charge in [0.1, 0.15) is 0 Å². The van der Waals surface area contributed by atoms with Crippen LogP contribution in [0, 0.1) is 17.8 Å². The van der Waals surface area contributed by atoms with Crippen LogP contribution in [0.5, 0.6) is 0 Å². The lowest BCUT2D eigenvalue weighted by molar-refractivity contribution is 0.156. The van der Waals surface area contributed by atoms with Crippen LogP contribution in [0.4, 0.5) is 0 Å². The van der Waals surface area contributed by atoms with Crippen molar-refractivity contribution in [2.75, 3.05) is 0 Å². The van der Waals surface area contributed by atoms with E-state index < -0.39 is 0 Å². The molecule has 0 amide bonds. The van der Waals surface area contributed by atoms with E-state index in [9.17, 15) is 0 Å². The summed E-state index contributed by atoms with van der Waals surface area (Å²) in [4.78, 5) is 0. The summed E-state index contributed by atoms with van der Waals surface area (Å²) in [5.41, 5.74) is 1.51. The van der Waals surface area contributed by atoms with Crippen molar-refractivity contribution in [2.45, 2.75) is 83.5 Å². The van der Waals surface area contributed by atoms with Gasteiger partial charge >= 0.3 is 0 Å². The largest absolute Gasteiger partial charge is 0.0843 e. The Morgan fingerprint density at radius 1 is 0.826 bits per heavy atom. The molecule has 2 aliphatic rings. The number of benzene rings is 1. The molecule has 1 heteroatoms. The predicted molar refractivity (Wildman–Crippen MR) is 101 cm³/mol. The van der Waals surface area contributed by atoms with Gasteiger partial charge in [-0.25, -0.2) is 0 Å². The normalized spacial score (nSPS) is 31.9. The highest BCUT2D eigenvalue weighted by atomic mass is 35.5. The Morgan fingerprint density at radius 2 is 1.39 bits per heavy atom. The van der Waals surface area contributed by atoms with E-state index in [-0.39, 0.29) is 0 Å². The lowest BCUT2D eigenvalue weighted by atomic mass is 9.68. The van der Waals surface area contributed by atoms with E-state index in [1.165, 1.54) is 76.2 Å². The summed E-state index contributed by atoms with van der Waals surface area (Å²) in [6.45, 7) is 2.32. The van der Waals surface area contributed by atoms with Gasteiger partial charge in [-0.05, 0) is 79.9 Å². The molecule has 0 bridgehead atoms. The smallest absolute Gasteiger partial charge is 0.0406 e. The minimum atomic E-state index is 0.782. The molecule has 2 aliphatic carbocycles. The van der Waals surface area contributed by atoms with Gasteiger partial charge in [-0.2, -0.15) is 0 Å². The number of rotatable bonds is 5. The summed E-state index contributed by atoms with van der Waals surface area (Å²) in [6, 6.07) is 8.60. The Balaban J connectivity index is 1.43. The third-order valence-electron chi connectivity index (χ3n) is 6.64. The van der Waals surface area contributed by atoms with Gasteiger partial charge in [0.25, 0.3) is 0 Å². The van der Waals surface area contributed by atoms with Gasteiger partial charge in [0, 0.05) is 5.02 Å². The van der Waals surface area contributed by atoms with Crippen LogP contribution in [-0.4, -0.2) is 0 Å². The highest BCUT2D eigenvalue weighted by Crippen LogP contribution is 2.44. The van der Waals surface area contributed by atoms with Crippen molar-refractivity contribution in [2.24, 2.45) is 17.8 Å². The lowest BCUT2D eigenvalue weighted by Gasteiger charge is -2.38. The van der Waals surface area contributed by atoms with Crippen molar-refractivity contribution in [1.29, 1.82) is 0 Å². The Kier molecular flexibility index (Phi) is 6.45. The first kappa shape index (κ1) is 17.3. The molecule has 0 unspecified atom stereocenters. The molecule has 1 aromatic rings. The van der Waals surface area contributed by atoms with Crippen LogP contribution in [-0.2, 0) is 0 Å². The molecule has 0 spiro atoms. The monoisotopic (exact) mass is 332 g/mol. The van der Waals surface area contributed by atoms with Crippen molar-refractivity contribution in [3.05, 3.63) is 34.9 Å². The van der Waals surface area contributed by atoms with Crippen LogP contribution < -0.4 is 0 Å². The zero-order chi connectivity index (χ0) is 16.1. The molecule has 0 aromatic heterocycles. The van der Waals surface area contributed by atoms with Gasteiger partial charge < -0.3 is 0 Å². The van der Waals surface area contributed by atoms with Gasteiger partial charge in [-0.15, -0.1) is 0 Å². The van der Waals surface area contributed by atoms with Crippen molar-refractivity contribution in [3.8, 4) is 0 Å². The summed E-state index contributed by atoms with van der Waals surface area (Å²) >= 11 is 6.02. The Labute approximate surface area is 148 Å². The molecular weight excluding hydrogens is 300 g/mol. The molecule has 23 heavy (non-hydrogen) atoms. The van der Waals surface area contributed by atoms with E-state index >= 15 is 0 Å². The molecule has 3 rings (SSSR count). The summed E-state index contributed by atoms with van der Waals surface area (Å²) in [5.74, 6) is 3.89. The first-order valence-electron chi connectivity index (χ1n) is 10.0. The molecule has 0 nitrogen and oxygen atoms in total. The van der Waals surface area contributed by atoms with Gasteiger partial charge in [0.15, 0.2) is 0 Å². The molecule has 0 atom stereocenters. The SMILES string of the molecule is CCCC[C@H]1CC[C@H](C2CCC(c3ccc(Cl)cc3)CC2)CC1. The maximum atomic E-state index is 6.02. The van der Waals surface area contributed by atoms with Crippen molar-refractivity contribution >= 4 is 11.6 Å². The topological polar surface area (TPSA) is 0 Å². The van der Waals surface area contributed by atoms with Crippen LogP contribution in [0.2, 0.25) is 5.02 Å². The molecule has 0 aliphatic heterocycles. The summed E-state index contributed by atoms with van der Waals surface area (Å²) < 4.78 is 0. The summed E-state index contributed by atoms with van der Waals surface area (Å²) in [5, 5.41) is 0.863. The van der Waals surface area contributed by atoms with Crippen LogP contribution in [0.25, 0.3) is 0 Å². The summed E-state index contributed by atoms with van der Waals surface area (Å²) in [6.07, 6.45) is 16.1. The number of unbranched alkanes of at least 4 members (excludes halogenated alkanes) is 1. The summed E-state index contributed by atoms with van der Waals surface area (Å²) in [7, 11) is 0. The number of hydrogen-bond donors (Lipinski definition) is 0. The molecule has 2 saturated carbocycles. The Morgan fingerprint density at radius 3 is 1.96 bits per heavy atom. The molecule has 2 fully saturated rings. The van der Waals surface area contributed by atoms with Gasteiger partial charge in [0.05, 0.1) is 0 Å². The zero-order valence-corrected chi connectivity index (χ0v) is 15.5. The standard InChI is InChI=1S/C22H33Cl/c1-2-3-4-17-5-7-18(8-6-17)19-9-11-20(12-10-19)21-13-15-22(23)16-14-21/h13-20H,2-12H2,1H3/t17-,18-,19?,20?. The Hall–Kier alpha value is -0.490. The fraction of sp³-hybridized carbons (Fsp3) is 0.727.